The third kappa shape index (κ3) is 4.85. The molecule has 0 radical (unpaired) electrons. The Bertz CT molecular complexity index is 760. The van der Waals surface area contributed by atoms with Gasteiger partial charge in [0.25, 0.3) is 0 Å². The highest BCUT2D eigenvalue weighted by molar-refractivity contribution is 7.92. The van der Waals surface area contributed by atoms with Gasteiger partial charge in [-0.2, -0.15) is 0 Å². The minimum Gasteiger partial charge on any atom is -0.493 e. The van der Waals surface area contributed by atoms with Crippen LogP contribution in [0.25, 0.3) is 0 Å². The number of sulfonamides is 1. The van der Waals surface area contributed by atoms with Gasteiger partial charge in [-0.25, -0.2) is 12.8 Å². The summed E-state index contributed by atoms with van der Waals surface area (Å²) in [6.45, 7) is 0. The van der Waals surface area contributed by atoms with Crippen LogP contribution in [0, 0.1) is 5.82 Å². The Kier molecular flexibility index (Phi) is 5.44. The standard InChI is InChI=1S/C16H18FNO4S/c1-21-15-8-3-12(11-16(15)22-2)9-10-23(19,20)18-14-6-4-13(17)5-7-14/h3-8,11,18H,9-10H2,1-2H3. The predicted octanol–water partition coefficient (Wildman–Crippen LogP) is 2.83. The van der Waals surface area contributed by atoms with E-state index in [1.165, 1.54) is 38.5 Å². The van der Waals surface area contributed by atoms with Crippen molar-refractivity contribution < 1.29 is 22.3 Å². The van der Waals surface area contributed by atoms with E-state index in [0.717, 1.165) is 5.56 Å². The number of aryl methyl sites for hydroxylation is 1. The molecule has 0 unspecified atom stereocenters. The monoisotopic (exact) mass is 339 g/mol. The number of ether oxygens (including phenoxy) is 2. The third-order valence-electron chi connectivity index (χ3n) is 3.22. The highest BCUT2D eigenvalue weighted by atomic mass is 32.2. The van der Waals surface area contributed by atoms with Crippen molar-refractivity contribution in [1.29, 1.82) is 0 Å². The summed E-state index contributed by atoms with van der Waals surface area (Å²) in [5.41, 5.74) is 1.14. The van der Waals surface area contributed by atoms with Crippen LogP contribution in [0.1, 0.15) is 5.56 Å². The van der Waals surface area contributed by atoms with E-state index < -0.39 is 15.8 Å². The van der Waals surface area contributed by atoms with E-state index >= 15 is 0 Å². The van der Waals surface area contributed by atoms with Crippen LogP contribution in [0.15, 0.2) is 42.5 Å². The molecule has 0 bridgehead atoms. The van der Waals surface area contributed by atoms with E-state index in [-0.39, 0.29) is 5.75 Å². The van der Waals surface area contributed by atoms with E-state index in [0.29, 0.717) is 23.6 Å². The van der Waals surface area contributed by atoms with Crippen LogP contribution in [0.5, 0.6) is 11.5 Å². The molecule has 0 heterocycles. The molecule has 0 spiro atoms. The first-order valence-corrected chi connectivity index (χ1v) is 8.56. The summed E-state index contributed by atoms with van der Waals surface area (Å²) in [5, 5.41) is 0. The van der Waals surface area contributed by atoms with E-state index in [2.05, 4.69) is 4.72 Å². The van der Waals surface area contributed by atoms with Gasteiger partial charge in [0, 0.05) is 5.69 Å². The molecule has 1 N–H and O–H groups in total. The Labute approximate surface area is 135 Å². The zero-order chi connectivity index (χ0) is 16.9. The molecule has 2 rings (SSSR count). The Morgan fingerprint density at radius 2 is 1.65 bits per heavy atom. The summed E-state index contributed by atoms with van der Waals surface area (Å²) in [7, 11) is -0.467. The van der Waals surface area contributed by atoms with Crippen LogP contribution in [0.3, 0.4) is 0 Å². The summed E-state index contributed by atoms with van der Waals surface area (Å²) >= 11 is 0. The highest BCUT2D eigenvalue weighted by Gasteiger charge is 2.12. The molecule has 0 aromatic heterocycles. The van der Waals surface area contributed by atoms with Crippen molar-refractivity contribution >= 4 is 15.7 Å². The molecule has 0 amide bonds. The van der Waals surface area contributed by atoms with E-state index in [9.17, 15) is 12.8 Å². The lowest BCUT2D eigenvalue weighted by Gasteiger charge is -2.11. The van der Waals surface area contributed by atoms with Crippen LogP contribution in [-0.4, -0.2) is 28.4 Å². The van der Waals surface area contributed by atoms with Gasteiger partial charge >= 0.3 is 0 Å². The normalized spacial score (nSPS) is 11.1. The van der Waals surface area contributed by atoms with Crippen molar-refractivity contribution in [3.63, 3.8) is 0 Å². The number of nitrogens with one attached hydrogen (secondary N) is 1. The Hall–Kier alpha value is -2.28. The van der Waals surface area contributed by atoms with Crippen molar-refractivity contribution in [2.24, 2.45) is 0 Å². The zero-order valence-corrected chi connectivity index (χ0v) is 13.7. The van der Waals surface area contributed by atoms with Crippen molar-refractivity contribution in [3.8, 4) is 11.5 Å². The Morgan fingerprint density at radius 3 is 2.26 bits per heavy atom. The number of anilines is 1. The largest absolute Gasteiger partial charge is 0.493 e. The predicted molar refractivity (Wildman–Crippen MR) is 87.1 cm³/mol. The molecule has 0 saturated heterocycles. The molecule has 23 heavy (non-hydrogen) atoms. The maximum atomic E-state index is 12.8. The number of halogens is 1. The first-order valence-electron chi connectivity index (χ1n) is 6.90. The topological polar surface area (TPSA) is 64.6 Å². The van der Waals surface area contributed by atoms with Gasteiger partial charge in [-0.3, -0.25) is 4.72 Å². The number of hydrogen-bond donors (Lipinski definition) is 1. The van der Waals surface area contributed by atoms with Crippen molar-refractivity contribution in [2.75, 3.05) is 24.7 Å². The van der Waals surface area contributed by atoms with Crippen molar-refractivity contribution in [2.45, 2.75) is 6.42 Å². The lowest BCUT2D eigenvalue weighted by molar-refractivity contribution is 0.354. The van der Waals surface area contributed by atoms with Gasteiger partial charge in [0.2, 0.25) is 10.0 Å². The molecule has 5 nitrogen and oxygen atoms in total. The van der Waals surface area contributed by atoms with Crippen molar-refractivity contribution in [3.05, 3.63) is 53.8 Å². The second-order valence-corrected chi connectivity index (χ2v) is 6.71. The average Bonchev–Trinajstić information content (AvgIpc) is 2.54. The molecule has 0 aliphatic rings. The molecule has 124 valence electrons. The van der Waals surface area contributed by atoms with Crippen LogP contribution < -0.4 is 14.2 Å². The SMILES string of the molecule is COc1ccc(CCS(=O)(=O)Nc2ccc(F)cc2)cc1OC. The second kappa shape index (κ2) is 7.32. The minimum absolute atomic E-state index is 0.0974. The molecular formula is C16H18FNO4S. The molecule has 0 aliphatic heterocycles. The Balaban J connectivity index is 2.02. The van der Waals surface area contributed by atoms with Crippen LogP contribution in [-0.2, 0) is 16.4 Å². The zero-order valence-electron chi connectivity index (χ0n) is 12.9. The smallest absolute Gasteiger partial charge is 0.233 e. The molecule has 2 aromatic rings. The molecular weight excluding hydrogens is 321 g/mol. The van der Waals surface area contributed by atoms with Crippen LogP contribution in [0.4, 0.5) is 10.1 Å². The fourth-order valence-corrected chi connectivity index (χ4v) is 3.14. The van der Waals surface area contributed by atoms with Gasteiger partial charge in [0.15, 0.2) is 11.5 Å². The first-order chi connectivity index (χ1) is 10.9. The van der Waals surface area contributed by atoms with E-state index in [1.54, 1.807) is 18.2 Å². The lowest BCUT2D eigenvalue weighted by Crippen LogP contribution is -2.18. The van der Waals surface area contributed by atoms with Gasteiger partial charge in [0.05, 0.1) is 20.0 Å². The highest BCUT2D eigenvalue weighted by Crippen LogP contribution is 2.27. The molecule has 2 aromatic carbocycles. The van der Waals surface area contributed by atoms with Gasteiger partial charge in [-0.1, -0.05) is 6.07 Å². The molecule has 0 saturated carbocycles. The van der Waals surface area contributed by atoms with Gasteiger partial charge in [0.1, 0.15) is 5.82 Å². The third-order valence-corrected chi connectivity index (χ3v) is 4.51. The van der Waals surface area contributed by atoms with Gasteiger partial charge < -0.3 is 9.47 Å². The minimum atomic E-state index is -3.53. The van der Waals surface area contributed by atoms with E-state index in [4.69, 9.17) is 9.47 Å². The summed E-state index contributed by atoms with van der Waals surface area (Å²) in [4.78, 5) is 0. The summed E-state index contributed by atoms with van der Waals surface area (Å²) < 4.78 is 49.7. The maximum Gasteiger partial charge on any atom is 0.233 e. The number of benzene rings is 2. The molecule has 0 atom stereocenters. The molecule has 0 fully saturated rings. The maximum absolute atomic E-state index is 12.8. The number of rotatable bonds is 7. The number of hydrogen-bond acceptors (Lipinski definition) is 4. The second-order valence-electron chi connectivity index (χ2n) is 4.87. The van der Waals surface area contributed by atoms with Crippen molar-refractivity contribution in [1.82, 2.24) is 0 Å². The quantitative estimate of drug-likeness (QED) is 0.842. The Morgan fingerprint density at radius 1 is 1.00 bits per heavy atom. The van der Waals surface area contributed by atoms with Gasteiger partial charge in [-0.15, -0.1) is 0 Å². The lowest BCUT2D eigenvalue weighted by atomic mass is 10.1. The average molecular weight is 339 g/mol. The fraction of sp³-hybridized carbons (Fsp3) is 0.250. The molecule has 0 aliphatic carbocycles. The summed E-state index contributed by atoms with van der Waals surface area (Å²) in [6.07, 6.45) is 0.316. The fourth-order valence-electron chi connectivity index (χ4n) is 2.04. The molecule has 7 heteroatoms. The van der Waals surface area contributed by atoms with Gasteiger partial charge in [-0.05, 0) is 48.4 Å². The number of methoxy groups -OCH3 is 2. The van der Waals surface area contributed by atoms with Crippen LogP contribution in [0.2, 0.25) is 0 Å². The summed E-state index contributed by atoms with van der Waals surface area (Å²) in [5.74, 6) is 0.621. The summed E-state index contributed by atoms with van der Waals surface area (Å²) in [6, 6.07) is 10.4. The van der Waals surface area contributed by atoms with Crippen LogP contribution >= 0.6 is 0 Å². The first kappa shape index (κ1) is 17.1. The van der Waals surface area contributed by atoms with E-state index in [1.807, 2.05) is 0 Å².